The van der Waals surface area contributed by atoms with Gasteiger partial charge in [-0.05, 0) is 49.3 Å². The van der Waals surface area contributed by atoms with Gasteiger partial charge < -0.3 is 20.3 Å². The van der Waals surface area contributed by atoms with Gasteiger partial charge in [0.2, 0.25) is 17.7 Å². The van der Waals surface area contributed by atoms with Gasteiger partial charge in [0, 0.05) is 17.8 Å². The standard InChI is InChI=1S/C30H37ClFN3O4/c1-16-7-6-10-22(17(16)2)34-28(37)26-30-14-13-23(39-30)24(27(36)33-18-11-12-21(32)20(31)15-18)25(30)29(38)35(26)19-8-4-3-5-9-19/h11-17,19,22-26H,3-10H2,1-2H3,(H,33,36)(H,34,37)/t16-,17+,22+,23+,24+,25+,26+,30+/m1/s1. The van der Waals surface area contributed by atoms with Gasteiger partial charge in [-0.3, -0.25) is 14.4 Å². The maximum Gasteiger partial charge on any atom is 0.246 e. The summed E-state index contributed by atoms with van der Waals surface area (Å²) in [4.78, 5) is 43.8. The Bertz CT molecular complexity index is 1200. The summed E-state index contributed by atoms with van der Waals surface area (Å²) in [5.41, 5.74) is -0.841. The van der Waals surface area contributed by atoms with E-state index in [1.807, 2.05) is 12.2 Å². The SMILES string of the molecule is C[C@H]1[C@H](C)CCC[C@@H]1NC(=O)[C@@H]1N(C2CCCCC2)C(=O)[C@@H]2[C@@H](C(=O)Nc3ccc(F)c(Cl)c3)[C@@H]3C=C[C@]21O3. The van der Waals surface area contributed by atoms with E-state index in [2.05, 4.69) is 24.5 Å². The van der Waals surface area contributed by atoms with Gasteiger partial charge in [0.25, 0.3) is 0 Å². The van der Waals surface area contributed by atoms with Crippen molar-refractivity contribution in [3.05, 3.63) is 41.2 Å². The lowest BCUT2D eigenvalue weighted by molar-refractivity contribution is -0.145. The van der Waals surface area contributed by atoms with E-state index in [1.54, 1.807) is 4.90 Å². The molecule has 0 radical (unpaired) electrons. The first kappa shape index (κ1) is 26.8. The molecule has 1 spiro atoms. The lowest BCUT2D eigenvalue weighted by Gasteiger charge is -2.40. The molecule has 8 atom stereocenters. The Balaban J connectivity index is 1.31. The van der Waals surface area contributed by atoms with Crippen molar-refractivity contribution in [2.24, 2.45) is 23.7 Å². The van der Waals surface area contributed by atoms with E-state index in [9.17, 15) is 18.8 Å². The highest BCUT2D eigenvalue weighted by Gasteiger charge is 2.73. The molecule has 3 heterocycles. The second-order valence-corrected chi connectivity index (χ2v) is 12.6. The van der Waals surface area contributed by atoms with Gasteiger partial charge in [0.15, 0.2) is 0 Å². The first-order valence-electron chi connectivity index (χ1n) is 14.5. The molecule has 0 unspecified atom stereocenters. The number of nitrogens with zero attached hydrogens (tertiary/aromatic N) is 1. The smallest absolute Gasteiger partial charge is 0.246 e. The fourth-order valence-corrected chi connectivity index (χ4v) is 7.99. The first-order chi connectivity index (χ1) is 18.7. The van der Waals surface area contributed by atoms with Gasteiger partial charge in [-0.25, -0.2) is 4.39 Å². The van der Waals surface area contributed by atoms with Crippen molar-refractivity contribution in [2.45, 2.75) is 95.0 Å². The van der Waals surface area contributed by atoms with Crippen molar-refractivity contribution in [3.63, 3.8) is 0 Å². The summed E-state index contributed by atoms with van der Waals surface area (Å²) in [5, 5.41) is 6.02. The summed E-state index contributed by atoms with van der Waals surface area (Å²) < 4.78 is 20.2. The summed E-state index contributed by atoms with van der Waals surface area (Å²) in [6, 6.07) is 3.15. The maximum absolute atomic E-state index is 14.2. The monoisotopic (exact) mass is 557 g/mol. The highest BCUT2D eigenvalue weighted by molar-refractivity contribution is 6.31. The van der Waals surface area contributed by atoms with Crippen LogP contribution in [0.4, 0.5) is 10.1 Å². The number of hydrogen-bond donors (Lipinski definition) is 2. The molecule has 0 aromatic heterocycles. The zero-order valence-corrected chi connectivity index (χ0v) is 23.3. The Labute approximate surface area is 233 Å². The quantitative estimate of drug-likeness (QED) is 0.507. The van der Waals surface area contributed by atoms with Crippen LogP contribution in [0.25, 0.3) is 0 Å². The second kappa shape index (κ2) is 10.2. The fourth-order valence-electron chi connectivity index (χ4n) is 7.81. The summed E-state index contributed by atoms with van der Waals surface area (Å²) in [7, 11) is 0. The minimum atomic E-state index is -1.19. The van der Waals surface area contributed by atoms with E-state index in [4.69, 9.17) is 16.3 Å². The Hall–Kier alpha value is -2.45. The summed E-state index contributed by atoms with van der Waals surface area (Å²) in [6.45, 7) is 4.42. The molecule has 39 heavy (non-hydrogen) atoms. The van der Waals surface area contributed by atoms with Crippen LogP contribution in [-0.2, 0) is 19.1 Å². The normalized spacial score (nSPS) is 37.7. The number of amides is 3. The number of fused-ring (bicyclic) bond motifs is 1. The van der Waals surface area contributed by atoms with Crippen molar-refractivity contribution >= 4 is 35.0 Å². The number of halogens is 2. The van der Waals surface area contributed by atoms with E-state index in [1.165, 1.54) is 18.2 Å². The van der Waals surface area contributed by atoms with Crippen LogP contribution in [0, 0.1) is 29.5 Å². The number of ether oxygens (including phenoxy) is 1. The van der Waals surface area contributed by atoms with E-state index < -0.39 is 41.3 Å². The number of carbonyl (C=O) groups excluding carboxylic acids is 3. The largest absolute Gasteiger partial charge is 0.359 e. The number of anilines is 1. The molecule has 5 aliphatic rings. The molecular weight excluding hydrogens is 521 g/mol. The van der Waals surface area contributed by atoms with Crippen molar-refractivity contribution in [2.75, 3.05) is 5.32 Å². The van der Waals surface area contributed by atoms with E-state index >= 15 is 0 Å². The van der Waals surface area contributed by atoms with Crippen LogP contribution < -0.4 is 10.6 Å². The van der Waals surface area contributed by atoms with Crippen LogP contribution in [0.15, 0.2) is 30.4 Å². The van der Waals surface area contributed by atoms with Crippen molar-refractivity contribution in [1.29, 1.82) is 0 Å². The third kappa shape index (κ3) is 4.38. The fraction of sp³-hybridized carbons (Fsp3) is 0.633. The number of rotatable bonds is 5. The predicted octanol–water partition coefficient (Wildman–Crippen LogP) is 4.84. The molecule has 2 saturated carbocycles. The summed E-state index contributed by atoms with van der Waals surface area (Å²) in [6.07, 6.45) is 11.0. The van der Waals surface area contributed by atoms with Gasteiger partial charge in [0.1, 0.15) is 17.5 Å². The van der Waals surface area contributed by atoms with E-state index in [0.29, 0.717) is 17.5 Å². The van der Waals surface area contributed by atoms with Crippen LogP contribution in [0.3, 0.4) is 0 Å². The molecule has 3 amide bonds. The minimum Gasteiger partial charge on any atom is -0.359 e. The van der Waals surface area contributed by atoms with Crippen LogP contribution in [0.2, 0.25) is 5.02 Å². The summed E-state index contributed by atoms with van der Waals surface area (Å²) >= 11 is 5.92. The third-order valence-corrected chi connectivity index (χ3v) is 10.3. The second-order valence-electron chi connectivity index (χ2n) is 12.2. The van der Waals surface area contributed by atoms with Gasteiger partial charge in [-0.1, -0.05) is 69.7 Å². The Morgan fingerprint density at radius 3 is 2.59 bits per heavy atom. The summed E-state index contributed by atoms with van der Waals surface area (Å²) in [5.74, 6) is -2.09. The molecule has 1 aromatic carbocycles. The number of hydrogen-bond acceptors (Lipinski definition) is 4. The molecule has 2 saturated heterocycles. The van der Waals surface area contributed by atoms with Crippen molar-refractivity contribution < 1.29 is 23.5 Å². The van der Waals surface area contributed by atoms with Crippen LogP contribution in [0.5, 0.6) is 0 Å². The predicted molar refractivity (Wildman–Crippen MR) is 145 cm³/mol. The lowest BCUT2D eigenvalue weighted by atomic mass is 9.73. The molecule has 2 bridgehead atoms. The average molecular weight is 558 g/mol. The zero-order chi connectivity index (χ0) is 27.5. The molecule has 6 rings (SSSR count). The van der Waals surface area contributed by atoms with Gasteiger partial charge in [-0.2, -0.15) is 0 Å². The van der Waals surface area contributed by atoms with E-state index in [0.717, 1.165) is 51.4 Å². The Morgan fingerprint density at radius 1 is 1.08 bits per heavy atom. The lowest BCUT2D eigenvalue weighted by Crippen LogP contribution is -2.59. The molecule has 2 aliphatic carbocycles. The molecule has 9 heteroatoms. The Morgan fingerprint density at radius 2 is 1.85 bits per heavy atom. The third-order valence-electron chi connectivity index (χ3n) is 10.1. The zero-order valence-electron chi connectivity index (χ0n) is 22.5. The van der Waals surface area contributed by atoms with Crippen LogP contribution in [0.1, 0.15) is 65.2 Å². The highest BCUT2D eigenvalue weighted by atomic mass is 35.5. The van der Waals surface area contributed by atoms with Gasteiger partial charge in [-0.15, -0.1) is 0 Å². The average Bonchev–Trinajstić information content (AvgIpc) is 3.56. The van der Waals surface area contributed by atoms with Crippen molar-refractivity contribution in [3.8, 4) is 0 Å². The van der Waals surface area contributed by atoms with Gasteiger partial charge >= 0.3 is 0 Å². The number of nitrogens with one attached hydrogen (secondary N) is 2. The minimum absolute atomic E-state index is 0.0462. The number of benzene rings is 1. The molecule has 210 valence electrons. The molecule has 3 aliphatic heterocycles. The molecule has 4 fully saturated rings. The van der Waals surface area contributed by atoms with E-state index in [-0.39, 0.29) is 28.9 Å². The topological polar surface area (TPSA) is 87.7 Å². The van der Waals surface area contributed by atoms with Gasteiger partial charge in [0.05, 0.1) is 23.0 Å². The van der Waals surface area contributed by atoms with Crippen molar-refractivity contribution in [1.82, 2.24) is 10.2 Å². The molecule has 1 aromatic rings. The molecular formula is C30H37ClFN3O4. The number of carbonyl (C=O) groups is 3. The van der Waals surface area contributed by atoms with Crippen LogP contribution in [-0.4, -0.2) is 52.5 Å². The van der Waals surface area contributed by atoms with Crippen LogP contribution >= 0.6 is 11.6 Å². The maximum atomic E-state index is 14.2. The molecule has 2 N–H and O–H groups in total. The molecule has 7 nitrogen and oxygen atoms in total. The highest BCUT2D eigenvalue weighted by Crippen LogP contribution is 2.56. The first-order valence-corrected chi connectivity index (χ1v) is 14.8. The Kier molecular flexibility index (Phi) is 6.99. The number of likely N-dealkylation sites (tertiary alicyclic amines) is 1.